The van der Waals surface area contributed by atoms with Crippen LogP contribution in [0, 0.1) is 23.7 Å². The van der Waals surface area contributed by atoms with E-state index in [2.05, 4.69) is 12.2 Å². The van der Waals surface area contributed by atoms with Crippen LogP contribution in [0.25, 0.3) is 0 Å². The van der Waals surface area contributed by atoms with Gasteiger partial charge in [0, 0.05) is 11.6 Å². The number of esters is 1. The smallest absolute Gasteiger partial charge is 0.309 e. The summed E-state index contributed by atoms with van der Waals surface area (Å²) in [5, 5.41) is 3.84. The molecule has 0 aromatic rings. The van der Waals surface area contributed by atoms with Gasteiger partial charge in [-0.25, -0.2) is 0 Å². The van der Waals surface area contributed by atoms with E-state index in [0.717, 1.165) is 17.8 Å². The molecule has 0 aliphatic heterocycles. The number of carbonyl (C=O) groups excluding carboxylic acids is 1. The first-order chi connectivity index (χ1) is 9.01. The largest absolute Gasteiger partial charge is 0.469 e. The molecule has 4 aliphatic rings. The summed E-state index contributed by atoms with van der Waals surface area (Å²) >= 11 is 0. The molecule has 1 N–H and O–H groups in total. The Bertz CT molecular complexity index is 330. The first-order valence-corrected chi connectivity index (χ1v) is 7.87. The number of ether oxygens (including phenoxy) is 1. The highest BCUT2D eigenvalue weighted by Gasteiger charge is 2.51. The lowest BCUT2D eigenvalue weighted by Crippen LogP contribution is -2.61. The van der Waals surface area contributed by atoms with Crippen molar-refractivity contribution >= 4 is 5.97 Å². The number of hydrogen-bond donors (Lipinski definition) is 1. The zero-order valence-corrected chi connectivity index (χ0v) is 12.4. The molecule has 19 heavy (non-hydrogen) atoms. The van der Waals surface area contributed by atoms with Gasteiger partial charge in [0.15, 0.2) is 0 Å². The van der Waals surface area contributed by atoms with E-state index in [1.54, 1.807) is 0 Å². The molecular weight excluding hydrogens is 238 g/mol. The SMILES string of the molecule is COC(=O)C(C)C(C)NC12CC3CC(CC(C3)C1)C2. The molecule has 0 radical (unpaired) electrons. The first-order valence-electron chi connectivity index (χ1n) is 7.87. The van der Waals surface area contributed by atoms with Crippen LogP contribution < -0.4 is 5.32 Å². The van der Waals surface area contributed by atoms with Crippen molar-refractivity contribution in [3.05, 3.63) is 0 Å². The van der Waals surface area contributed by atoms with E-state index in [9.17, 15) is 4.79 Å². The van der Waals surface area contributed by atoms with Crippen LogP contribution in [0.2, 0.25) is 0 Å². The van der Waals surface area contributed by atoms with Crippen molar-refractivity contribution in [3.8, 4) is 0 Å². The molecule has 0 aromatic carbocycles. The second kappa shape index (κ2) is 4.76. The van der Waals surface area contributed by atoms with E-state index in [4.69, 9.17) is 4.74 Å². The molecule has 4 rings (SSSR count). The minimum absolute atomic E-state index is 0.0574. The highest BCUT2D eigenvalue weighted by molar-refractivity contribution is 5.72. The van der Waals surface area contributed by atoms with Gasteiger partial charge in [0.25, 0.3) is 0 Å². The van der Waals surface area contributed by atoms with Gasteiger partial charge in [-0.15, -0.1) is 0 Å². The van der Waals surface area contributed by atoms with Crippen LogP contribution in [0.4, 0.5) is 0 Å². The average Bonchev–Trinajstić information content (AvgIpc) is 2.34. The Morgan fingerprint density at radius 2 is 1.58 bits per heavy atom. The second-order valence-corrected chi connectivity index (χ2v) is 7.44. The average molecular weight is 265 g/mol. The third-order valence-electron chi connectivity index (χ3n) is 5.90. The Kier molecular flexibility index (Phi) is 3.36. The summed E-state index contributed by atoms with van der Waals surface area (Å²) in [4.78, 5) is 11.7. The van der Waals surface area contributed by atoms with Gasteiger partial charge in [-0.1, -0.05) is 6.92 Å². The van der Waals surface area contributed by atoms with Gasteiger partial charge in [0.2, 0.25) is 0 Å². The summed E-state index contributed by atoms with van der Waals surface area (Å²) in [5.41, 5.74) is 0.330. The van der Waals surface area contributed by atoms with Crippen LogP contribution >= 0.6 is 0 Å². The third kappa shape index (κ3) is 2.42. The molecule has 0 amide bonds. The van der Waals surface area contributed by atoms with E-state index in [1.165, 1.54) is 45.6 Å². The topological polar surface area (TPSA) is 38.3 Å². The van der Waals surface area contributed by atoms with Gasteiger partial charge in [-0.2, -0.15) is 0 Å². The fourth-order valence-electron chi connectivity index (χ4n) is 5.29. The molecule has 3 nitrogen and oxygen atoms in total. The molecule has 4 bridgehead atoms. The molecule has 0 saturated heterocycles. The summed E-state index contributed by atoms with van der Waals surface area (Å²) in [6, 6.07) is 0.212. The van der Waals surface area contributed by atoms with Crippen molar-refractivity contribution < 1.29 is 9.53 Å². The summed E-state index contributed by atoms with van der Waals surface area (Å²) < 4.78 is 4.87. The Balaban J connectivity index is 1.67. The zero-order valence-electron chi connectivity index (χ0n) is 12.4. The number of rotatable bonds is 4. The Labute approximate surface area is 116 Å². The van der Waals surface area contributed by atoms with Crippen molar-refractivity contribution in [2.75, 3.05) is 7.11 Å². The molecule has 0 spiro atoms. The van der Waals surface area contributed by atoms with Crippen LogP contribution in [-0.4, -0.2) is 24.7 Å². The monoisotopic (exact) mass is 265 g/mol. The highest BCUT2D eigenvalue weighted by Crippen LogP contribution is 2.55. The van der Waals surface area contributed by atoms with Crippen LogP contribution in [0.5, 0.6) is 0 Å². The lowest BCUT2D eigenvalue weighted by molar-refractivity contribution is -0.146. The molecular formula is C16H27NO2. The predicted molar refractivity (Wildman–Crippen MR) is 74.7 cm³/mol. The number of carbonyl (C=O) groups is 1. The second-order valence-electron chi connectivity index (χ2n) is 7.44. The molecule has 2 unspecified atom stereocenters. The fourth-order valence-corrected chi connectivity index (χ4v) is 5.29. The first kappa shape index (κ1) is 13.4. The Hall–Kier alpha value is -0.570. The lowest BCUT2D eigenvalue weighted by atomic mass is 9.53. The van der Waals surface area contributed by atoms with Gasteiger partial charge < -0.3 is 10.1 Å². The van der Waals surface area contributed by atoms with Crippen molar-refractivity contribution in [3.63, 3.8) is 0 Å². The fraction of sp³-hybridized carbons (Fsp3) is 0.938. The molecule has 2 atom stereocenters. The zero-order chi connectivity index (χ0) is 13.6. The Morgan fingerprint density at radius 3 is 2.00 bits per heavy atom. The van der Waals surface area contributed by atoms with Crippen molar-refractivity contribution in [2.45, 2.75) is 64.0 Å². The normalized spacial score (nSPS) is 43.0. The maximum atomic E-state index is 11.7. The van der Waals surface area contributed by atoms with Crippen molar-refractivity contribution in [2.24, 2.45) is 23.7 Å². The van der Waals surface area contributed by atoms with Crippen molar-refractivity contribution in [1.82, 2.24) is 5.32 Å². The maximum absolute atomic E-state index is 11.7. The van der Waals surface area contributed by atoms with E-state index >= 15 is 0 Å². The van der Waals surface area contributed by atoms with Gasteiger partial charge >= 0.3 is 5.97 Å². The molecule has 4 saturated carbocycles. The van der Waals surface area contributed by atoms with Crippen LogP contribution in [0.15, 0.2) is 0 Å². The minimum atomic E-state index is -0.0928. The Morgan fingerprint density at radius 1 is 1.11 bits per heavy atom. The molecule has 4 aliphatic carbocycles. The van der Waals surface area contributed by atoms with E-state index < -0.39 is 0 Å². The number of nitrogens with one attached hydrogen (secondary N) is 1. The lowest BCUT2D eigenvalue weighted by Gasteiger charge is -2.58. The third-order valence-corrected chi connectivity index (χ3v) is 5.90. The summed E-state index contributed by atoms with van der Waals surface area (Å²) in [6.45, 7) is 4.12. The van der Waals surface area contributed by atoms with Gasteiger partial charge in [-0.3, -0.25) is 4.79 Å². The van der Waals surface area contributed by atoms with Crippen LogP contribution in [-0.2, 0) is 9.53 Å². The molecule has 0 aromatic heterocycles. The number of hydrogen-bond acceptors (Lipinski definition) is 3. The van der Waals surface area contributed by atoms with E-state index in [-0.39, 0.29) is 17.9 Å². The van der Waals surface area contributed by atoms with E-state index in [1.807, 2.05) is 6.92 Å². The minimum Gasteiger partial charge on any atom is -0.469 e. The molecule has 4 fully saturated rings. The van der Waals surface area contributed by atoms with Gasteiger partial charge in [0.1, 0.15) is 0 Å². The molecule has 0 heterocycles. The maximum Gasteiger partial charge on any atom is 0.309 e. The van der Waals surface area contributed by atoms with E-state index in [0.29, 0.717) is 5.54 Å². The van der Waals surface area contributed by atoms with Crippen LogP contribution in [0.3, 0.4) is 0 Å². The van der Waals surface area contributed by atoms with Crippen molar-refractivity contribution in [1.29, 1.82) is 0 Å². The standard InChI is InChI=1S/C16H27NO2/c1-10(15(18)19-3)11(2)17-16-7-12-4-13(8-16)6-14(5-12)9-16/h10-14,17H,4-9H2,1-3H3. The summed E-state index contributed by atoms with van der Waals surface area (Å²) in [7, 11) is 1.48. The van der Waals surface area contributed by atoms with Gasteiger partial charge in [0.05, 0.1) is 13.0 Å². The number of methoxy groups -OCH3 is 1. The summed E-state index contributed by atoms with van der Waals surface area (Å²) in [5.74, 6) is 2.68. The molecule has 3 heteroatoms. The summed E-state index contributed by atoms with van der Waals surface area (Å²) in [6.07, 6.45) is 8.37. The highest BCUT2D eigenvalue weighted by atomic mass is 16.5. The van der Waals surface area contributed by atoms with Crippen LogP contribution in [0.1, 0.15) is 52.4 Å². The predicted octanol–water partition coefficient (Wildman–Crippen LogP) is 2.74. The molecule has 108 valence electrons. The van der Waals surface area contributed by atoms with Gasteiger partial charge in [-0.05, 0) is 63.2 Å². The quantitative estimate of drug-likeness (QED) is 0.794.